The van der Waals surface area contributed by atoms with Gasteiger partial charge in [0.2, 0.25) is 5.88 Å². The van der Waals surface area contributed by atoms with Crippen molar-refractivity contribution in [3.63, 3.8) is 0 Å². The van der Waals surface area contributed by atoms with Crippen molar-refractivity contribution in [1.82, 2.24) is 10.2 Å². The molecule has 1 heterocycles. The van der Waals surface area contributed by atoms with Crippen molar-refractivity contribution in [3.8, 4) is 11.6 Å². The van der Waals surface area contributed by atoms with Gasteiger partial charge in [-0.05, 0) is 40.2 Å². The number of aromatic nitrogens is 2. The van der Waals surface area contributed by atoms with Crippen LogP contribution in [-0.4, -0.2) is 10.2 Å². The predicted molar refractivity (Wildman–Crippen MR) is 64.1 cm³/mol. The van der Waals surface area contributed by atoms with Crippen LogP contribution in [0.15, 0.2) is 34.9 Å². The molecule has 0 bridgehead atoms. The number of hydrogen-bond acceptors (Lipinski definition) is 4. The minimum atomic E-state index is -0.345. The zero-order chi connectivity index (χ0) is 12.3. The lowest BCUT2D eigenvalue weighted by Crippen LogP contribution is -2.02. The Bertz CT molecular complexity index is 536. The van der Waals surface area contributed by atoms with Gasteiger partial charge in [0.1, 0.15) is 11.6 Å². The van der Waals surface area contributed by atoms with Crippen molar-refractivity contribution in [2.45, 2.75) is 6.54 Å². The Morgan fingerprint density at radius 3 is 2.88 bits per heavy atom. The third kappa shape index (κ3) is 2.78. The maximum atomic E-state index is 12.9. The smallest absolute Gasteiger partial charge is 0.243 e. The fourth-order valence-corrected chi connectivity index (χ4v) is 1.68. The van der Waals surface area contributed by atoms with Crippen LogP contribution in [0.5, 0.6) is 11.6 Å². The van der Waals surface area contributed by atoms with Crippen molar-refractivity contribution in [2.75, 3.05) is 0 Å². The van der Waals surface area contributed by atoms with E-state index in [4.69, 9.17) is 10.5 Å². The first-order chi connectivity index (χ1) is 8.20. The molecule has 0 aliphatic carbocycles. The van der Waals surface area contributed by atoms with Gasteiger partial charge in [0.25, 0.3) is 0 Å². The lowest BCUT2D eigenvalue weighted by molar-refractivity contribution is 0.444. The fraction of sp³-hybridized carbons (Fsp3) is 0.0909. The highest BCUT2D eigenvalue weighted by molar-refractivity contribution is 9.10. The second-order valence-electron chi connectivity index (χ2n) is 3.24. The molecular weight excluding hydrogens is 289 g/mol. The first-order valence-corrected chi connectivity index (χ1v) is 5.63. The highest BCUT2D eigenvalue weighted by Gasteiger charge is 2.08. The molecule has 0 unspecified atom stereocenters. The quantitative estimate of drug-likeness (QED) is 0.946. The first kappa shape index (κ1) is 11.9. The van der Waals surface area contributed by atoms with Crippen LogP contribution in [0, 0.1) is 5.82 Å². The zero-order valence-corrected chi connectivity index (χ0v) is 10.3. The molecule has 0 fully saturated rings. The molecule has 0 radical (unpaired) electrons. The minimum absolute atomic E-state index is 0.295. The number of nitrogens with zero attached hydrogens (tertiary/aromatic N) is 2. The minimum Gasteiger partial charge on any atom is -0.436 e. The number of hydrogen-bond donors (Lipinski definition) is 1. The Labute approximate surface area is 106 Å². The number of ether oxygens (including phenoxy) is 1. The lowest BCUT2D eigenvalue weighted by Gasteiger charge is -2.08. The van der Waals surface area contributed by atoms with Gasteiger partial charge in [-0.15, -0.1) is 5.10 Å². The van der Waals surface area contributed by atoms with E-state index in [0.29, 0.717) is 22.6 Å². The van der Waals surface area contributed by atoms with E-state index in [1.54, 1.807) is 6.07 Å². The summed E-state index contributed by atoms with van der Waals surface area (Å²) in [5.41, 5.74) is 6.28. The third-order valence-corrected chi connectivity index (χ3v) is 2.71. The number of halogens is 2. The number of rotatable bonds is 3. The van der Waals surface area contributed by atoms with Gasteiger partial charge in [-0.3, -0.25) is 0 Å². The summed E-state index contributed by atoms with van der Waals surface area (Å²) in [7, 11) is 0. The topological polar surface area (TPSA) is 61.0 Å². The molecule has 0 amide bonds. The van der Waals surface area contributed by atoms with Gasteiger partial charge in [0, 0.05) is 12.1 Å². The average molecular weight is 298 g/mol. The molecule has 1 aromatic carbocycles. The van der Waals surface area contributed by atoms with Crippen LogP contribution in [0.25, 0.3) is 0 Å². The Kier molecular flexibility index (Phi) is 3.65. The van der Waals surface area contributed by atoms with E-state index >= 15 is 0 Å². The van der Waals surface area contributed by atoms with Gasteiger partial charge in [-0.25, -0.2) is 4.39 Å². The molecule has 88 valence electrons. The average Bonchev–Trinajstić information content (AvgIpc) is 2.33. The van der Waals surface area contributed by atoms with Gasteiger partial charge in [0.05, 0.1) is 10.7 Å². The molecule has 0 aliphatic rings. The third-order valence-electron chi connectivity index (χ3n) is 2.09. The Balaban J connectivity index is 2.31. The highest BCUT2D eigenvalue weighted by atomic mass is 79.9. The SMILES string of the molecule is NCc1ccnnc1Oc1ccc(F)cc1Br. The summed E-state index contributed by atoms with van der Waals surface area (Å²) in [6.07, 6.45) is 1.54. The summed E-state index contributed by atoms with van der Waals surface area (Å²) >= 11 is 3.21. The first-order valence-electron chi connectivity index (χ1n) is 4.84. The van der Waals surface area contributed by atoms with Gasteiger partial charge in [-0.1, -0.05) is 0 Å². The van der Waals surface area contributed by atoms with E-state index in [1.165, 1.54) is 24.4 Å². The summed E-state index contributed by atoms with van der Waals surface area (Å²) in [4.78, 5) is 0. The summed E-state index contributed by atoms with van der Waals surface area (Å²) in [6.45, 7) is 0.295. The Hall–Kier alpha value is -1.53. The van der Waals surface area contributed by atoms with Crippen LogP contribution in [0.1, 0.15) is 5.56 Å². The maximum Gasteiger partial charge on any atom is 0.243 e. The summed E-state index contributed by atoms with van der Waals surface area (Å²) in [5, 5.41) is 7.56. The molecule has 6 heteroatoms. The van der Waals surface area contributed by atoms with Crippen LogP contribution in [0.3, 0.4) is 0 Å². The second kappa shape index (κ2) is 5.20. The molecule has 0 atom stereocenters. The molecular formula is C11H9BrFN3O. The Morgan fingerprint density at radius 2 is 2.18 bits per heavy atom. The molecule has 0 saturated heterocycles. The molecule has 0 aliphatic heterocycles. The molecule has 1 aromatic heterocycles. The van der Waals surface area contributed by atoms with Gasteiger partial charge in [-0.2, -0.15) is 5.10 Å². The van der Waals surface area contributed by atoms with Gasteiger partial charge < -0.3 is 10.5 Å². The summed E-state index contributed by atoms with van der Waals surface area (Å²) in [5.74, 6) is 0.436. The second-order valence-corrected chi connectivity index (χ2v) is 4.10. The van der Waals surface area contributed by atoms with E-state index in [9.17, 15) is 4.39 Å². The van der Waals surface area contributed by atoms with Crippen molar-refractivity contribution >= 4 is 15.9 Å². The molecule has 2 rings (SSSR count). The lowest BCUT2D eigenvalue weighted by atomic mass is 10.3. The van der Waals surface area contributed by atoms with Crippen molar-refractivity contribution in [2.24, 2.45) is 5.73 Å². The van der Waals surface area contributed by atoms with Crippen LogP contribution in [0.2, 0.25) is 0 Å². The number of benzene rings is 1. The Morgan fingerprint density at radius 1 is 1.35 bits per heavy atom. The van der Waals surface area contributed by atoms with Gasteiger partial charge >= 0.3 is 0 Å². The van der Waals surface area contributed by atoms with Gasteiger partial charge in [0.15, 0.2) is 0 Å². The molecule has 4 nitrogen and oxygen atoms in total. The largest absolute Gasteiger partial charge is 0.436 e. The van der Waals surface area contributed by atoms with E-state index in [2.05, 4.69) is 26.1 Å². The molecule has 0 saturated carbocycles. The van der Waals surface area contributed by atoms with Crippen molar-refractivity contribution in [3.05, 3.63) is 46.3 Å². The summed E-state index contributed by atoms with van der Waals surface area (Å²) < 4.78 is 18.9. The maximum absolute atomic E-state index is 12.9. The van der Waals surface area contributed by atoms with Crippen molar-refractivity contribution < 1.29 is 9.13 Å². The van der Waals surface area contributed by atoms with Crippen LogP contribution in [-0.2, 0) is 6.54 Å². The summed E-state index contributed by atoms with van der Waals surface area (Å²) in [6, 6.07) is 5.85. The van der Waals surface area contributed by atoms with E-state index in [1.807, 2.05) is 0 Å². The molecule has 2 aromatic rings. The predicted octanol–water partition coefficient (Wildman–Crippen LogP) is 2.63. The molecule has 17 heavy (non-hydrogen) atoms. The van der Waals surface area contributed by atoms with Crippen LogP contribution < -0.4 is 10.5 Å². The molecule has 0 spiro atoms. The van der Waals surface area contributed by atoms with Crippen molar-refractivity contribution in [1.29, 1.82) is 0 Å². The van der Waals surface area contributed by atoms with Crippen LogP contribution >= 0.6 is 15.9 Å². The highest BCUT2D eigenvalue weighted by Crippen LogP contribution is 2.30. The standard InChI is InChI=1S/C11H9BrFN3O/c12-9-5-8(13)1-2-10(9)17-11-7(6-14)3-4-15-16-11/h1-5H,6,14H2. The fourth-order valence-electron chi connectivity index (χ4n) is 1.25. The van der Waals surface area contributed by atoms with E-state index in [-0.39, 0.29) is 5.82 Å². The van der Waals surface area contributed by atoms with E-state index in [0.717, 1.165) is 5.56 Å². The molecule has 2 N–H and O–H groups in total. The van der Waals surface area contributed by atoms with Crippen LogP contribution in [0.4, 0.5) is 4.39 Å². The monoisotopic (exact) mass is 297 g/mol. The normalized spacial score (nSPS) is 10.3. The van der Waals surface area contributed by atoms with E-state index < -0.39 is 0 Å². The number of nitrogens with two attached hydrogens (primary N) is 1. The zero-order valence-electron chi connectivity index (χ0n) is 8.73.